The van der Waals surface area contributed by atoms with Gasteiger partial charge in [-0.1, -0.05) is 42.5 Å². The summed E-state index contributed by atoms with van der Waals surface area (Å²) < 4.78 is 5.21. The van der Waals surface area contributed by atoms with E-state index in [1.165, 1.54) is 11.3 Å². The Bertz CT molecular complexity index is 812. The molecule has 3 rings (SSSR count). The Balaban J connectivity index is 2.13. The predicted molar refractivity (Wildman–Crippen MR) is 86.5 cm³/mol. The van der Waals surface area contributed by atoms with Gasteiger partial charge in [-0.15, -0.1) is 11.3 Å². The highest BCUT2D eigenvalue weighted by atomic mass is 32.1. The van der Waals surface area contributed by atoms with Crippen LogP contribution in [0.15, 0.2) is 54.6 Å². The molecule has 5 heteroatoms. The van der Waals surface area contributed by atoms with E-state index in [1.807, 2.05) is 54.6 Å². The van der Waals surface area contributed by atoms with Crippen molar-refractivity contribution in [2.45, 2.75) is 0 Å². The number of benzene rings is 2. The minimum absolute atomic E-state index is 0.0778. The molecule has 0 aliphatic carbocycles. The van der Waals surface area contributed by atoms with Crippen molar-refractivity contribution >= 4 is 17.3 Å². The van der Waals surface area contributed by atoms with E-state index in [4.69, 9.17) is 4.74 Å². The summed E-state index contributed by atoms with van der Waals surface area (Å²) in [7, 11) is 1.60. The second-order valence-corrected chi connectivity index (χ2v) is 5.60. The quantitative estimate of drug-likeness (QED) is 0.785. The van der Waals surface area contributed by atoms with Gasteiger partial charge in [0.25, 0.3) is 0 Å². The smallest absolute Gasteiger partial charge is 0.356 e. The van der Waals surface area contributed by atoms with Crippen LogP contribution in [0.25, 0.3) is 21.0 Å². The van der Waals surface area contributed by atoms with Gasteiger partial charge in [-0.25, -0.2) is 9.78 Å². The third-order valence-corrected chi connectivity index (χ3v) is 4.34. The van der Waals surface area contributed by atoms with Crippen molar-refractivity contribution in [3.8, 4) is 26.8 Å². The van der Waals surface area contributed by atoms with Gasteiger partial charge in [0.1, 0.15) is 10.8 Å². The van der Waals surface area contributed by atoms with Crippen LogP contribution in [0.5, 0.6) is 5.75 Å². The Kier molecular flexibility index (Phi) is 3.89. The molecule has 0 aliphatic rings. The fourth-order valence-electron chi connectivity index (χ4n) is 2.13. The molecule has 2 aromatic carbocycles. The monoisotopic (exact) mass is 311 g/mol. The zero-order valence-corrected chi connectivity index (χ0v) is 12.6. The summed E-state index contributed by atoms with van der Waals surface area (Å²) in [6, 6.07) is 16.9. The first-order chi connectivity index (χ1) is 10.7. The van der Waals surface area contributed by atoms with Gasteiger partial charge in [0, 0.05) is 5.56 Å². The van der Waals surface area contributed by atoms with Crippen LogP contribution in [-0.4, -0.2) is 23.2 Å². The molecule has 0 radical (unpaired) electrons. The highest BCUT2D eigenvalue weighted by Gasteiger charge is 2.19. The Morgan fingerprint density at radius 1 is 1.09 bits per heavy atom. The summed E-state index contributed by atoms with van der Waals surface area (Å²) in [6.45, 7) is 0. The second-order valence-electron chi connectivity index (χ2n) is 4.60. The van der Waals surface area contributed by atoms with E-state index in [9.17, 15) is 9.90 Å². The zero-order valence-electron chi connectivity index (χ0n) is 11.8. The van der Waals surface area contributed by atoms with E-state index in [0.29, 0.717) is 15.6 Å². The number of aromatic nitrogens is 1. The lowest BCUT2D eigenvalue weighted by Crippen LogP contribution is -1.98. The molecule has 0 spiro atoms. The first kappa shape index (κ1) is 14.3. The van der Waals surface area contributed by atoms with E-state index in [-0.39, 0.29) is 5.69 Å². The predicted octanol–water partition coefficient (Wildman–Crippen LogP) is 4.18. The van der Waals surface area contributed by atoms with Crippen molar-refractivity contribution in [1.29, 1.82) is 0 Å². The largest absolute Gasteiger partial charge is 0.497 e. The maximum Gasteiger partial charge on any atom is 0.356 e. The molecule has 0 bridgehead atoms. The van der Waals surface area contributed by atoms with Gasteiger partial charge in [0.05, 0.1) is 12.0 Å². The van der Waals surface area contributed by atoms with Crippen LogP contribution in [0.3, 0.4) is 0 Å². The lowest BCUT2D eigenvalue weighted by molar-refractivity contribution is 0.0692. The van der Waals surface area contributed by atoms with Gasteiger partial charge in [-0.3, -0.25) is 0 Å². The highest BCUT2D eigenvalue weighted by molar-refractivity contribution is 7.18. The van der Waals surface area contributed by atoms with E-state index < -0.39 is 5.97 Å². The molecule has 3 aromatic rings. The van der Waals surface area contributed by atoms with Gasteiger partial charge in [0.2, 0.25) is 0 Å². The van der Waals surface area contributed by atoms with Crippen molar-refractivity contribution in [2.75, 3.05) is 7.11 Å². The molecule has 0 amide bonds. The summed E-state index contributed by atoms with van der Waals surface area (Å²) in [5, 5.41) is 10.1. The first-order valence-corrected chi connectivity index (χ1v) is 7.44. The summed E-state index contributed by atoms with van der Waals surface area (Å²) in [5.41, 5.74) is 1.77. The Labute approximate surface area is 131 Å². The fourth-order valence-corrected chi connectivity index (χ4v) is 3.19. The number of hydrogen-bond donors (Lipinski definition) is 1. The van der Waals surface area contributed by atoms with E-state index >= 15 is 0 Å². The second kappa shape index (κ2) is 5.99. The Hall–Kier alpha value is -2.66. The highest BCUT2D eigenvalue weighted by Crippen LogP contribution is 2.36. The molecule has 110 valence electrons. The van der Waals surface area contributed by atoms with Crippen LogP contribution in [0.4, 0.5) is 0 Å². The summed E-state index contributed by atoms with van der Waals surface area (Å²) in [5.74, 6) is -0.310. The Morgan fingerprint density at radius 3 is 2.50 bits per heavy atom. The number of carboxylic acid groups (broad SMARTS) is 1. The topological polar surface area (TPSA) is 59.4 Å². The van der Waals surface area contributed by atoms with Crippen molar-refractivity contribution in [2.24, 2.45) is 0 Å². The lowest BCUT2D eigenvalue weighted by atomic mass is 10.1. The summed E-state index contributed by atoms with van der Waals surface area (Å²) in [4.78, 5) is 16.4. The standard InChI is InChI=1S/C17H13NO3S/c1-21-13-9-5-8-12(10-13)16-18-14(17(19)20)15(22-16)11-6-3-2-4-7-11/h2-10H,1H3,(H,19,20). The number of carbonyl (C=O) groups is 1. The van der Waals surface area contributed by atoms with Crippen LogP contribution in [0.2, 0.25) is 0 Å². The van der Waals surface area contributed by atoms with Crippen LogP contribution < -0.4 is 4.74 Å². The molecule has 1 heterocycles. The van der Waals surface area contributed by atoms with Crippen molar-refractivity contribution in [3.63, 3.8) is 0 Å². The van der Waals surface area contributed by atoms with Crippen molar-refractivity contribution < 1.29 is 14.6 Å². The summed E-state index contributed by atoms with van der Waals surface area (Å²) >= 11 is 1.37. The number of ether oxygens (including phenoxy) is 1. The number of aromatic carboxylic acids is 1. The molecule has 0 saturated carbocycles. The molecule has 4 nitrogen and oxygen atoms in total. The van der Waals surface area contributed by atoms with Gasteiger partial charge < -0.3 is 9.84 Å². The normalized spacial score (nSPS) is 10.4. The minimum Gasteiger partial charge on any atom is -0.497 e. The molecular weight excluding hydrogens is 298 g/mol. The van der Waals surface area contributed by atoms with Crippen molar-refractivity contribution in [1.82, 2.24) is 4.98 Å². The third-order valence-electron chi connectivity index (χ3n) is 3.18. The van der Waals surface area contributed by atoms with E-state index in [0.717, 1.165) is 11.1 Å². The maximum atomic E-state index is 11.5. The SMILES string of the molecule is COc1cccc(-c2nc(C(=O)O)c(-c3ccccc3)s2)c1. The average molecular weight is 311 g/mol. The zero-order chi connectivity index (χ0) is 15.5. The molecule has 1 aromatic heterocycles. The maximum absolute atomic E-state index is 11.5. The molecule has 0 fully saturated rings. The summed E-state index contributed by atoms with van der Waals surface area (Å²) in [6.07, 6.45) is 0. The fraction of sp³-hybridized carbons (Fsp3) is 0.0588. The molecular formula is C17H13NO3S. The molecule has 0 unspecified atom stereocenters. The first-order valence-electron chi connectivity index (χ1n) is 6.63. The molecule has 1 N–H and O–H groups in total. The van der Waals surface area contributed by atoms with Crippen molar-refractivity contribution in [3.05, 3.63) is 60.3 Å². The van der Waals surface area contributed by atoms with Crippen LogP contribution in [0, 0.1) is 0 Å². The molecule has 22 heavy (non-hydrogen) atoms. The Morgan fingerprint density at radius 2 is 1.82 bits per heavy atom. The molecule has 0 aliphatic heterocycles. The molecule has 0 saturated heterocycles. The van der Waals surface area contributed by atoms with E-state index in [1.54, 1.807) is 7.11 Å². The van der Waals surface area contributed by atoms with Gasteiger partial charge in [-0.2, -0.15) is 0 Å². The third kappa shape index (κ3) is 2.71. The number of hydrogen-bond acceptors (Lipinski definition) is 4. The number of thiazole rings is 1. The van der Waals surface area contributed by atoms with Gasteiger partial charge in [0.15, 0.2) is 5.69 Å². The van der Waals surface area contributed by atoms with Crippen LogP contribution >= 0.6 is 11.3 Å². The van der Waals surface area contributed by atoms with Crippen LogP contribution in [0.1, 0.15) is 10.5 Å². The number of nitrogens with zero attached hydrogens (tertiary/aromatic N) is 1. The van der Waals surface area contributed by atoms with Crippen LogP contribution in [-0.2, 0) is 0 Å². The number of carboxylic acids is 1. The average Bonchev–Trinajstić information content (AvgIpc) is 3.01. The lowest BCUT2D eigenvalue weighted by Gasteiger charge is -2.01. The number of methoxy groups -OCH3 is 1. The van der Waals surface area contributed by atoms with Gasteiger partial charge >= 0.3 is 5.97 Å². The van der Waals surface area contributed by atoms with Gasteiger partial charge in [-0.05, 0) is 17.7 Å². The van der Waals surface area contributed by atoms with E-state index in [2.05, 4.69) is 4.98 Å². The minimum atomic E-state index is -1.02. The molecule has 0 atom stereocenters. The number of rotatable bonds is 4.